The number of aryl methyl sites for hydroxylation is 1. The number of carbonyl (C=O) groups is 2. The van der Waals surface area contributed by atoms with Crippen LogP contribution < -0.4 is 0 Å². The Balaban J connectivity index is 1.68. The van der Waals surface area contributed by atoms with E-state index in [1.54, 1.807) is 31.2 Å². The van der Waals surface area contributed by atoms with Crippen LogP contribution in [-0.2, 0) is 17.8 Å². The van der Waals surface area contributed by atoms with Crippen LogP contribution in [0.3, 0.4) is 0 Å². The van der Waals surface area contributed by atoms with Crippen molar-refractivity contribution in [2.75, 3.05) is 0 Å². The molecular formula is C20H17N3O4. The Bertz CT molecular complexity index is 1030. The normalized spacial score (nSPS) is 16.0. The maximum Gasteiger partial charge on any atom is 0.326 e. The highest BCUT2D eigenvalue weighted by atomic mass is 16.5. The van der Waals surface area contributed by atoms with E-state index in [2.05, 4.69) is 10.1 Å². The molecule has 2 aromatic carbocycles. The first-order valence-electron chi connectivity index (χ1n) is 8.54. The van der Waals surface area contributed by atoms with Crippen LogP contribution in [0.5, 0.6) is 0 Å². The number of benzene rings is 2. The average Bonchev–Trinajstić information content (AvgIpc) is 3.13. The first-order valence-corrected chi connectivity index (χ1v) is 8.54. The SMILES string of the molecule is Cc1nc(-c2cccc(C(=O)N3Cc4ccccc4CC3C(=O)O)c2)no1. The number of hydrogen-bond acceptors (Lipinski definition) is 5. The van der Waals surface area contributed by atoms with Gasteiger partial charge in [0.15, 0.2) is 0 Å². The van der Waals surface area contributed by atoms with Crippen molar-refractivity contribution in [3.8, 4) is 11.4 Å². The number of aliphatic carboxylic acids is 1. The second kappa shape index (κ2) is 6.68. The van der Waals surface area contributed by atoms with Crippen LogP contribution in [0, 0.1) is 6.92 Å². The smallest absolute Gasteiger partial charge is 0.326 e. The molecule has 1 amide bonds. The molecule has 0 bridgehead atoms. The number of fused-ring (bicyclic) bond motifs is 1. The topological polar surface area (TPSA) is 96.5 Å². The van der Waals surface area contributed by atoms with Crippen molar-refractivity contribution in [2.45, 2.75) is 25.9 Å². The molecule has 3 aromatic rings. The molecular weight excluding hydrogens is 346 g/mol. The van der Waals surface area contributed by atoms with E-state index in [9.17, 15) is 14.7 Å². The summed E-state index contributed by atoms with van der Waals surface area (Å²) in [5.41, 5.74) is 2.96. The largest absolute Gasteiger partial charge is 0.480 e. The molecule has 1 aliphatic heterocycles. The van der Waals surface area contributed by atoms with Gasteiger partial charge in [0.25, 0.3) is 5.91 Å². The van der Waals surface area contributed by atoms with Crippen LogP contribution >= 0.6 is 0 Å². The molecule has 0 saturated carbocycles. The molecule has 0 spiro atoms. The zero-order valence-electron chi connectivity index (χ0n) is 14.6. The number of nitrogens with zero attached hydrogens (tertiary/aromatic N) is 3. The number of carboxylic acid groups (broad SMARTS) is 1. The van der Waals surface area contributed by atoms with Crippen LogP contribution in [-0.4, -0.2) is 38.1 Å². The fourth-order valence-electron chi connectivity index (χ4n) is 3.33. The third-order valence-corrected chi connectivity index (χ3v) is 4.69. The van der Waals surface area contributed by atoms with Crippen molar-refractivity contribution in [1.82, 2.24) is 15.0 Å². The lowest BCUT2D eigenvalue weighted by atomic mass is 9.93. The first kappa shape index (κ1) is 17.0. The van der Waals surface area contributed by atoms with Crippen molar-refractivity contribution in [3.05, 3.63) is 71.1 Å². The maximum atomic E-state index is 13.1. The Morgan fingerprint density at radius 2 is 1.93 bits per heavy atom. The van der Waals surface area contributed by atoms with E-state index in [1.807, 2.05) is 24.3 Å². The van der Waals surface area contributed by atoms with E-state index in [4.69, 9.17) is 4.52 Å². The molecule has 1 aromatic heterocycles. The minimum atomic E-state index is -1.01. The highest BCUT2D eigenvalue weighted by Crippen LogP contribution is 2.26. The molecule has 7 heteroatoms. The van der Waals surface area contributed by atoms with Gasteiger partial charge < -0.3 is 14.5 Å². The van der Waals surface area contributed by atoms with Crippen molar-refractivity contribution < 1.29 is 19.2 Å². The monoisotopic (exact) mass is 363 g/mol. The zero-order chi connectivity index (χ0) is 19.0. The van der Waals surface area contributed by atoms with Gasteiger partial charge in [0, 0.05) is 31.0 Å². The van der Waals surface area contributed by atoms with E-state index in [-0.39, 0.29) is 12.5 Å². The van der Waals surface area contributed by atoms with Gasteiger partial charge in [0.05, 0.1) is 0 Å². The van der Waals surface area contributed by atoms with Gasteiger partial charge in [0.1, 0.15) is 6.04 Å². The lowest BCUT2D eigenvalue weighted by Crippen LogP contribution is -2.48. The molecule has 2 heterocycles. The molecule has 0 radical (unpaired) electrons. The van der Waals surface area contributed by atoms with Gasteiger partial charge in [-0.05, 0) is 23.3 Å². The van der Waals surface area contributed by atoms with Gasteiger partial charge in [-0.2, -0.15) is 4.98 Å². The summed E-state index contributed by atoms with van der Waals surface area (Å²) in [6.07, 6.45) is 0.293. The Morgan fingerprint density at radius 1 is 1.15 bits per heavy atom. The summed E-state index contributed by atoms with van der Waals surface area (Å²) in [4.78, 5) is 30.5. The second-order valence-electron chi connectivity index (χ2n) is 6.48. The molecule has 27 heavy (non-hydrogen) atoms. The average molecular weight is 363 g/mol. The molecule has 1 atom stereocenters. The standard InChI is InChI=1S/C20H17N3O4/c1-12-21-18(22-27-12)14-7-4-8-15(9-14)19(24)23-11-16-6-3-2-5-13(16)10-17(23)20(25)26/h2-9,17H,10-11H2,1H3,(H,25,26). The van der Waals surface area contributed by atoms with Gasteiger partial charge in [-0.1, -0.05) is 41.6 Å². The number of amides is 1. The minimum absolute atomic E-state index is 0.261. The summed E-state index contributed by atoms with van der Waals surface area (Å²) in [7, 11) is 0. The number of carboxylic acids is 1. The molecule has 0 aliphatic carbocycles. The summed E-state index contributed by atoms with van der Waals surface area (Å²) >= 11 is 0. The predicted octanol–water partition coefficient (Wildman–Crippen LogP) is 2.70. The van der Waals surface area contributed by atoms with Gasteiger partial charge in [0.2, 0.25) is 11.7 Å². The summed E-state index contributed by atoms with van der Waals surface area (Å²) in [6, 6.07) is 13.5. The van der Waals surface area contributed by atoms with E-state index < -0.39 is 12.0 Å². The summed E-state index contributed by atoms with van der Waals surface area (Å²) in [6.45, 7) is 1.95. The molecule has 1 N–H and O–H groups in total. The molecule has 1 unspecified atom stereocenters. The third-order valence-electron chi connectivity index (χ3n) is 4.69. The number of rotatable bonds is 3. The summed E-state index contributed by atoms with van der Waals surface area (Å²) in [5.74, 6) is -0.525. The second-order valence-corrected chi connectivity index (χ2v) is 6.48. The van der Waals surface area contributed by atoms with E-state index in [0.29, 0.717) is 29.3 Å². The lowest BCUT2D eigenvalue weighted by molar-refractivity contribution is -0.142. The lowest BCUT2D eigenvalue weighted by Gasteiger charge is -2.34. The number of hydrogen-bond donors (Lipinski definition) is 1. The fraction of sp³-hybridized carbons (Fsp3) is 0.200. The quantitative estimate of drug-likeness (QED) is 0.768. The number of carbonyl (C=O) groups excluding carboxylic acids is 1. The fourth-order valence-corrected chi connectivity index (χ4v) is 3.33. The molecule has 0 saturated heterocycles. The van der Waals surface area contributed by atoms with Gasteiger partial charge in [-0.3, -0.25) is 4.79 Å². The predicted molar refractivity (Wildman–Crippen MR) is 95.9 cm³/mol. The first-order chi connectivity index (χ1) is 13.0. The number of aromatic nitrogens is 2. The van der Waals surface area contributed by atoms with Crippen LogP contribution in [0.1, 0.15) is 27.4 Å². The van der Waals surface area contributed by atoms with E-state index in [0.717, 1.165) is 11.1 Å². The van der Waals surface area contributed by atoms with E-state index >= 15 is 0 Å². The Labute approximate surface area is 155 Å². The maximum absolute atomic E-state index is 13.1. The Kier molecular flexibility index (Phi) is 4.19. The van der Waals surface area contributed by atoms with Crippen LogP contribution in [0.4, 0.5) is 0 Å². The molecule has 0 fully saturated rings. The van der Waals surface area contributed by atoms with Crippen LogP contribution in [0.15, 0.2) is 53.1 Å². The highest BCUT2D eigenvalue weighted by Gasteiger charge is 2.35. The van der Waals surface area contributed by atoms with Crippen LogP contribution in [0.25, 0.3) is 11.4 Å². The van der Waals surface area contributed by atoms with Crippen molar-refractivity contribution in [2.24, 2.45) is 0 Å². The Morgan fingerprint density at radius 3 is 2.63 bits per heavy atom. The molecule has 4 rings (SSSR count). The van der Waals surface area contributed by atoms with Gasteiger partial charge in [-0.25, -0.2) is 4.79 Å². The van der Waals surface area contributed by atoms with Crippen molar-refractivity contribution in [3.63, 3.8) is 0 Å². The summed E-state index contributed by atoms with van der Waals surface area (Å²) < 4.78 is 4.99. The highest BCUT2D eigenvalue weighted by molar-refractivity contribution is 5.97. The minimum Gasteiger partial charge on any atom is -0.480 e. The van der Waals surface area contributed by atoms with Crippen molar-refractivity contribution >= 4 is 11.9 Å². The molecule has 1 aliphatic rings. The van der Waals surface area contributed by atoms with Crippen molar-refractivity contribution in [1.29, 1.82) is 0 Å². The molecule has 136 valence electrons. The Hall–Kier alpha value is -3.48. The third kappa shape index (κ3) is 3.19. The van der Waals surface area contributed by atoms with E-state index in [1.165, 1.54) is 4.90 Å². The van der Waals surface area contributed by atoms with Crippen LogP contribution in [0.2, 0.25) is 0 Å². The molecule has 7 nitrogen and oxygen atoms in total. The van der Waals surface area contributed by atoms with Gasteiger partial charge in [-0.15, -0.1) is 0 Å². The summed E-state index contributed by atoms with van der Waals surface area (Å²) in [5, 5.41) is 13.5. The zero-order valence-corrected chi connectivity index (χ0v) is 14.6. The van der Waals surface area contributed by atoms with Gasteiger partial charge >= 0.3 is 5.97 Å².